The average molecular weight is 306 g/mol. The van der Waals surface area contributed by atoms with Gasteiger partial charge in [0.25, 0.3) is 0 Å². The number of rotatable bonds is 5. The number of hydrogen-bond donors (Lipinski definition) is 2. The molecule has 0 aliphatic heterocycles. The Hall–Kier alpha value is -1.54. The second-order valence-electron chi connectivity index (χ2n) is 4.56. The summed E-state index contributed by atoms with van der Waals surface area (Å²) in [5, 5.41) is 2.28. The van der Waals surface area contributed by atoms with Crippen LogP contribution in [0.2, 0.25) is 0 Å². The average Bonchev–Trinajstić information content (AvgIpc) is 2.37. The standard InChI is InChI=1S/C12H16F2N2O3S/c1-7(2)10(15)11(17)16-8-5-3-4-6-9(8)20(18,19)12(13)14/h3-7,10,12H,15H2,1-2H3,(H,16,17). The minimum Gasteiger partial charge on any atom is -0.324 e. The fourth-order valence-electron chi connectivity index (χ4n) is 1.43. The molecule has 1 atom stereocenters. The number of halogens is 2. The van der Waals surface area contributed by atoms with E-state index in [-0.39, 0.29) is 11.6 Å². The van der Waals surface area contributed by atoms with Gasteiger partial charge < -0.3 is 11.1 Å². The molecule has 0 aliphatic carbocycles. The monoisotopic (exact) mass is 306 g/mol. The van der Waals surface area contributed by atoms with Crippen molar-refractivity contribution >= 4 is 21.4 Å². The maximum atomic E-state index is 12.6. The molecule has 112 valence electrons. The van der Waals surface area contributed by atoms with E-state index in [1.54, 1.807) is 13.8 Å². The van der Waals surface area contributed by atoms with E-state index in [1.165, 1.54) is 18.2 Å². The first-order chi connectivity index (χ1) is 9.17. The molecule has 1 amide bonds. The van der Waals surface area contributed by atoms with Gasteiger partial charge in [-0.25, -0.2) is 8.42 Å². The maximum Gasteiger partial charge on any atom is 0.341 e. The van der Waals surface area contributed by atoms with Crippen LogP contribution in [0.15, 0.2) is 29.2 Å². The molecule has 0 spiro atoms. The SMILES string of the molecule is CC(C)C(N)C(=O)Nc1ccccc1S(=O)(=O)C(F)F. The third-order valence-electron chi connectivity index (χ3n) is 2.71. The van der Waals surface area contributed by atoms with Crippen LogP contribution in [0.25, 0.3) is 0 Å². The minimum atomic E-state index is -4.79. The molecule has 0 radical (unpaired) electrons. The van der Waals surface area contributed by atoms with Gasteiger partial charge in [0, 0.05) is 0 Å². The predicted molar refractivity (Wildman–Crippen MR) is 71.1 cm³/mol. The molecule has 5 nitrogen and oxygen atoms in total. The Kier molecular flexibility index (Phi) is 5.18. The number of nitrogens with one attached hydrogen (secondary N) is 1. The summed E-state index contributed by atoms with van der Waals surface area (Å²) in [6.07, 6.45) is 0. The highest BCUT2D eigenvalue weighted by Gasteiger charge is 2.30. The number of anilines is 1. The number of sulfone groups is 1. The molecule has 1 aromatic rings. The molecule has 3 N–H and O–H groups in total. The van der Waals surface area contributed by atoms with E-state index in [4.69, 9.17) is 5.73 Å². The smallest absolute Gasteiger partial charge is 0.324 e. The highest BCUT2D eigenvalue weighted by molar-refractivity contribution is 7.91. The zero-order chi connectivity index (χ0) is 15.5. The molecule has 0 aromatic heterocycles. The molecule has 8 heteroatoms. The fraction of sp³-hybridized carbons (Fsp3) is 0.417. The fourth-order valence-corrected chi connectivity index (χ4v) is 2.32. The van der Waals surface area contributed by atoms with E-state index >= 15 is 0 Å². The molecule has 0 aliphatic rings. The zero-order valence-corrected chi connectivity index (χ0v) is 11.8. The van der Waals surface area contributed by atoms with Crippen LogP contribution in [-0.4, -0.2) is 26.1 Å². The molecular weight excluding hydrogens is 290 g/mol. The van der Waals surface area contributed by atoms with Crippen LogP contribution in [0, 0.1) is 5.92 Å². The lowest BCUT2D eigenvalue weighted by Gasteiger charge is -2.17. The third kappa shape index (κ3) is 3.51. The minimum absolute atomic E-state index is 0.172. The Morgan fingerprint density at radius 1 is 1.25 bits per heavy atom. The Morgan fingerprint density at radius 2 is 1.80 bits per heavy atom. The van der Waals surface area contributed by atoms with E-state index in [9.17, 15) is 22.0 Å². The number of nitrogens with two attached hydrogens (primary N) is 1. The molecule has 0 heterocycles. The lowest BCUT2D eigenvalue weighted by molar-refractivity contribution is -0.118. The van der Waals surface area contributed by atoms with Gasteiger partial charge >= 0.3 is 5.76 Å². The van der Waals surface area contributed by atoms with Crippen molar-refractivity contribution in [3.05, 3.63) is 24.3 Å². The summed E-state index contributed by atoms with van der Waals surface area (Å²) in [6, 6.07) is 4.12. The second-order valence-corrected chi connectivity index (χ2v) is 6.45. The van der Waals surface area contributed by atoms with Gasteiger partial charge in [0.05, 0.1) is 16.6 Å². The van der Waals surface area contributed by atoms with Crippen molar-refractivity contribution < 1.29 is 22.0 Å². The Balaban J connectivity index is 3.13. The van der Waals surface area contributed by atoms with Gasteiger partial charge in [-0.05, 0) is 18.1 Å². The maximum absolute atomic E-state index is 12.6. The predicted octanol–water partition coefficient (Wildman–Crippen LogP) is 1.60. The Labute approximate surface area is 116 Å². The van der Waals surface area contributed by atoms with E-state index in [1.807, 2.05) is 0 Å². The van der Waals surface area contributed by atoms with Crippen LogP contribution in [0.3, 0.4) is 0 Å². The summed E-state index contributed by atoms with van der Waals surface area (Å²) in [6.45, 7) is 3.43. The summed E-state index contributed by atoms with van der Waals surface area (Å²) < 4.78 is 48.2. The molecule has 0 bridgehead atoms. The molecule has 20 heavy (non-hydrogen) atoms. The summed E-state index contributed by atoms with van der Waals surface area (Å²) >= 11 is 0. The van der Waals surface area contributed by atoms with E-state index in [0.717, 1.165) is 6.07 Å². The van der Waals surface area contributed by atoms with Gasteiger partial charge in [0.2, 0.25) is 15.7 Å². The number of benzene rings is 1. The van der Waals surface area contributed by atoms with Crippen molar-refractivity contribution in [2.75, 3.05) is 5.32 Å². The number of carbonyl (C=O) groups excluding carboxylic acids is 1. The topological polar surface area (TPSA) is 89.3 Å². The molecular formula is C12H16F2N2O3S. The van der Waals surface area contributed by atoms with Gasteiger partial charge in [-0.3, -0.25) is 4.79 Å². The van der Waals surface area contributed by atoms with Crippen LogP contribution >= 0.6 is 0 Å². The van der Waals surface area contributed by atoms with Crippen molar-refractivity contribution in [3.63, 3.8) is 0 Å². The molecule has 1 unspecified atom stereocenters. The van der Waals surface area contributed by atoms with Crippen molar-refractivity contribution in [3.8, 4) is 0 Å². The van der Waals surface area contributed by atoms with Gasteiger partial charge in [0.1, 0.15) is 0 Å². The van der Waals surface area contributed by atoms with E-state index in [0.29, 0.717) is 0 Å². The first-order valence-electron chi connectivity index (χ1n) is 5.85. The van der Waals surface area contributed by atoms with Gasteiger partial charge in [-0.1, -0.05) is 26.0 Å². The quantitative estimate of drug-likeness (QED) is 0.865. The normalized spacial score (nSPS) is 13.6. The summed E-state index contributed by atoms with van der Waals surface area (Å²) in [4.78, 5) is 11.2. The Morgan fingerprint density at radius 3 is 2.30 bits per heavy atom. The zero-order valence-electron chi connectivity index (χ0n) is 11.0. The first kappa shape index (κ1) is 16.5. The second kappa shape index (κ2) is 6.27. The largest absolute Gasteiger partial charge is 0.341 e. The lowest BCUT2D eigenvalue weighted by Crippen LogP contribution is -2.40. The summed E-state index contributed by atoms with van der Waals surface area (Å²) in [5.41, 5.74) is 5.42. The van der Waals surface area contributed by atoms with Crippen LogP contribution in [0.4, 0.5) is 14.5 Å². The van der Waals surface area contributed by atoms with Crippen molar-refractivity contribution in [2.45, 2.75) is 30.5 Å². The van der Waals surface area contributed by atoms with Crippen LogP contribution in [0.5, 0.6) is 0 Å². The van der Waals surface area contributed by atoms with Crippen molar-refractivity contribution in [2.24, 2.45) is 11.7 Å². The van der Waals surface area contributed by atoms with E-state index in [2.05, 4.69) is 5.32 Å². The third-order valence-corrected chi connectivity index (χ3v) is 4.15. The van der Waals surface area contributed by atoms with Crippen LogP contribution in [0.1, 0.15) is 13.8 Å². The van der Waals surface area contributed by atoms with Gasteiger partial charge in [-0.15, -0.1) is 0 Å². The molecule has 0 saturated heterocycles. The lowest BCUT2D eigenvalue weighted by atomic mass is 10.1. The molecule has 1 rings (SSSR count). The summed E-state index contributed by atoms with van der Waals surface area (Å²) in [7, 11) is -4.79. The number of para-hydroxylation sites is 1. The van der Waals surface area contributed by atoms with Gasteiger partial charge in [0.15, 0.2) is 0 Å². The number of hydrogen-bond acceptors (Lipinski definition) is 4. The highest BCUT2D eigenvalue weighted by atomic mass is 32.2. The van der Waals surface area contributed by atoms with Crippen LogP contribution in [-0.2, 0) is 14.6 Å². The van der Waals surface area contributed by atoms with E-state index < -0.39 is 32.4 Å². The molecule has 0 saturated carbocycles. The van der Waals surface area contributed by atoms with Gasteiger partial charge in [-0.2, -0.15) is 8.78 Å². The number of amides is 1. The summed E-state index contributed by atoms with van der Waals surface area (Å²) in [5.74, 6) is -4.36. The molecule has 0 fully saturated rings. The highest BCUT2D eigenvalue weighted by Crippen LogP contribution is 2.26. The first-order valence-corrected chi connectivity index (χ1v) is 7.40. The van der Waals surface area contributed by atoms with Crippen LogP contribution < -0.4 is 11.1 Å². The number of alkyl halides is 2. The molecule has 1 aromatic carbocycles. The van der Waals surface area contributed by atoms with Crippen molar-refractivity contribution in [1.82, 2.24) is 0 Å². The number of carbonyl (C=O) groups is 1. The van der Waals surface area contributed by atoms with Crippen molar-refractivity contribution in [1.29, 1.82) is 0 Å². The Bertz CT molecular complexity index is 588.